The van der Waals surface area contributed by atoms with Gasteiger partial charge < -0.3 is 14.4 Å². The first-order valence-electron chi connectivity index (χ1n) is 11.3. The third kappa shape index (κ3) is 6.08. The van der Waals surface area contributed by atoms with E-state index in [0.29, 0.717) is 28.0 Å². The number of nitrogens with zero attached hydrogens (tertiary/aromatic N) is 4. The first-order valence-corrected chi connectivity index (χ1v) is 12.1. The van der Waals surface area contributed by atoms with Crippen molar-refractivity contribution in [1.29, 1.82) is 0 Å². The van der Waals surface area contributed by atoms with Gasteiger partial charge in [0, 0.05) is 41.3 Å². The number of hydrogen-bond acceptors (Lipinski definition) is 7. The number of aromatic nitrogens is 2. The number of benzene rings is 2. The highest BCUT2D eigenvalue weighted by atomic mass is 79.9. The van der Waals surface area contributed by atoms with Crippen molar-refractivity contribution in [3.8, 4) is 5.75 Å². The Balaban J connectivity index is 2.13. The number of carbonyl (C=O) groups is 1. The smallest absolute Gasteiger partial charge is 0.347 e. The van der Waals surface area contributed by atoms with E-state index in [0.717, 1.165) is 10.2 Å². The van der Waals surface area contributed by atoms with Crippen LogP contribution in [-0.2, 0) is 14.9 Å². The molecule has 1 heterocycles. The van der Waals surface area contributed by atoms with E-state index in [2.05, 4.69) is 21.0 Å². The van der Waals surface area contributed by atoms with E-state index in [-0.39, 0.29) is 12.2 Å². The fourth-order valence-corrected chi connectivity index (χ4v) is 3.73. The van der Waals surface area contributed by atoms with Crippen LogP contribution in [0.5, 0.6) is 5.75 Å². The summed E-state index contributed by atoms with van der Waals surface area (Å²) in [6.07, 6.45) is 0.737. The van der Waals surface area contributed by atoms with Crippen molar-refractivity contribution >= 4 is 44.7 Å². The minimum atomic E-state index is -0.813. The van der Waals surface area contributed by atoms with E-state index in [4.69, 9.17) is 14.5 Å². The highest BCUT2D eigenvalue weighted by molar-refractivity contribution is 9.10. The van der Waals surface area contributed by atoms with Crippen molar-refractivity contribution in [1.82, 2.24) is 9.66 Å². The Morgan fingerprint density at radius 1 is 1.23 bits per heavy atom. The Morgan fingerprint density at radius 3 is 2.57 bits per heavy atom. The average molecular weight is 543 g/mol. The van der Waals surface area contributed by atoms with Gasteiger partial charge in [0.05, 0.1) is 23.7 Å². The van der Waals surface area contributed by atoms with Crippen LogP contribution in [0.1, 0.15) is 46.0 Å². The predicted octanol–water partition coefficient (Wildman–Crippen LogP) is 4.74. The molecule has 0 saturated carbocycles. The third-order valence-corrected chi connectivity index (χ3v) is 5.72. The zero-order valence-corrected chi connectivity index (χ0v) is 22.7. The largest absolute Gasteiger partial charge is 0.478 e. The molecule has 0 aliphatic rings. The van der Waals surface area contributed by atoms with Crippen LogP contribution in [0.25, 0.3) is 10.9 Å². The number of anilines is 1. The van der Waals surface area contributed by atoms with Crippen LogP contribution in [0, 0.1) is 0 Å². The van der Waals surface area contributed by atoms with Gasteiger partial charge in [-0.15, -0.1) is 0 Å². The summed E-state index contributed by atoms with van der Waals surface area (Å²) < 4.78 is 13.1. The first-order chi connectivity index (χ1) is 16.4. The predicted molar refractivity (Wildman–Crippen MR) is 143 cm³/mol. The number of esters is 1. The molecule has 0 saturated heterocycles. The lowest BCUT2D eigenvalue weighted by atomic mass is 9.95. The third-order valence-electron chi connectivity index (χ3n) is 5.23. The van der Waals surface area contributed by atoms with Gasteiger partial charge in [0.1, 0.15) is 11.6 Å². The summed E-state index contributed by atoms with van der Waals surface area (Å²) in [6.45, 7) is 9.58. The lowest BCUT2D eigenvalue weighted by molar-refractivity contribution is -0.150. The van der Waals surface area contributed by atoms with Crippen LogP contribution >= 0.6 is 15.9 Å². The van der Waals surface area contributed by atoms with E-state index in [1.165, 1.54) is 4.68 Å². The molecule has 0 bridgehead atoms. The number of halogens is 1. The standard InChI is InChI=1S/C26H31BrN4O4/c1-8-34-24(33)16(2)35-22-14-19(30(6)7)11-9-17(22)15-28-31-23(32)20-13-18(27)10-12-21(20)29-25(31)26(3,4)5/h9-16H,8H2,1-7H3/t16-/m0/s1. The monoisotopic (exact) mass is 542 g/mol. The van der Waals surface area contributed by atoms with Gasteiger partial charge in [0.2, 0.25) is 0 Å². The molecule has 3 aromatic rings. The van der Waals surface area contributed by atoms with Crippen molar-refractivity contribution in [3.05, 3.63) is 62.6 Å². The van der Waals surface area contributed by atoms with Crippen molar-refractivity contribution in [2.45, 2.75) is 46.1 Å². The van der Waals surface area contributed by atoms with Gasteiger partial charge >= 0.3 is 5.97 Å². The number of carbonyl (C=O) groups excluding carboxylic acids is 1. The van der Waals surface area contributed by atoms with E-state index >= 15 is 0 Å². The van der Waals surface area contributed by atoms with E-state index in [9.17, 15) is 9.59 Å². The average Bonchev–Trinajstić information content (AvgIpc) is 2.78. The molecule has 3 rings (SSSR count). The zero-order valence-electron chi connectivity index (χ0n) is 21.1. The molecule has 0 aliphatic heterocycles. The summed E-state index contributed by atoms with van der Waals surface area (Å²) in [7, 11) is 3.82. The van der Waals surface area contributed by atoms with Crippen LogP contribution in [0.3, 0.4) is 0 Å². The number of hydrogen-bond donors (Lipinski definition) is 0. The Hall–Kier alpha value is -3.20. The molecule has 0 radical (unpaired) electrons. The van der Waals surface area contributed by atoms with Crippen LogP contribution in [0.2, 0.25) is 0 Å². The second-order valence-corrected chi connectivity index (χ2v) is 10.3. The fourth-order valence-electron chi connectivity index (χ4n) is 3.37. The van der Waals surface area contributed by atoms with Gasteiger partial charge in [-0.25, -0.2) is 9.78 Å². The van der Waals surface area contributed by atoms with E-state index in [1.807, 2.05) is 70.1 Å². The molecule has 0 amide bonds. The molecule has 8 nitrogen and oxygen atoms in total. The maximum atomic E-state index is 13.4. The molecule has 0 N–H and O–H groups in total. The minimum Gasteiger partial charge on any atom is -0.478 e. The fraction of sp³-hybridized carbons (Fsp3) is 0.385. The summed E-state index contributed by atoms with van der Waals surface area (Å²) in [4.78, 5) is 32.3. The topological polar surface area (TPSA) is 86.0 Å². The number of ether oxygens (including phenoxy) is 2. The lowest BCUT2D eigenvalue weighted by Gasteiger charge is -2.21. The minimum absolute atomic E-state index is 0.266. The van der Waals surface area contributed by atoms with Crippen LogP contribution in [0.4, 0.5) is 5.69 Å². The summed E-state index contributed by atoms with van der Waals surface area (Å²) in [6, 6.07) is 11.0. The molecule has 0 spiro atoms. The molecular weight excluding hydrogens is 512 g/mol. The van der Waals surface area contributed by atoms with Crippen molar-refractivity contribution < 1.29 is 14.3 Å². The summed E-state index contributed by atoms with van der Waals surface area (Å²) in [5, 5.41) is 5.00. The van der Waals surface area contributed by atoms with Crippen molar-refractivity contribution in [3.63, 3.8) is 0 Å². The summed E-state index contributed by atoms with van der Waals surface area (Å²) >= 11 is 3.43. The SMILES string of the molecule is CCOC(=O)[C@H](C)Oc1cc(N(C)C)ccc1C=Nn1c(C(C)(C)C)nc2ccc(Br)cc2c1=O. The Morgan fingerprint density at radius 2 is 1.94 bits per heavy atom. The highest BCUT2D eigenvalue weighted by Gasteiger charge is 2.23. The molecule has 35 heavy (non-hydrogen) atoms. The molecule has 1 atom stereocenters. The first kappa shape index (κ1) is 26.4. The van der Waals surface area contributed by atoms with Gasteiger partial charge in [-0.2, -0.15) is 9.78 Å². The second-order valence-electron chi connectivity index (χ2n) is 9.34. The lowest BCUT2D eigenvalue weighted by Crippen LogP contribution is -2.29. The molecule has 1 aromatic heterocycles. The molecular formula is C26H31BrN4O4. The van der Waals surface area contributed by atoms with Gasteiger partial charge in [0.25, 0.3) is 5.56 Å². The van der Waals surface area contributed by atoms with E-state index < -0.39 is 17.5 Å². The Kier molecular flexibility index (Phi) is 8.00. The molecule has 0 fully saturated rings. The summed E-state index contributed by atoms with van der Waals surface area (Å²) in [5.74, 6) is 0.518. The number of rotatable bonds is 7. The normalized spacial score (nSPS) is 12.7. The van der Waals surface area contributed by atoms with Crippen LogP contribution in [-0.4, -0.2) is 48.7 Å². The van der Waals surface area contributed by atoms with Gasteiger partial charge in [-0.3, -0.25) is 4.79 Å². The molecule has 2 aromatic carbocycles. The highest BCUT2D eigenvalue weighted by Crippen LogP contribution is 2.26. The molecule has 0 aliphatic carbocycles. The zero-order chi connectivity index (χ0) is 25.9. The summed E-state index contributed by atoms with van der Waals surface area (Å²) in [5.41, 5.74) is 1.39. The van der Waals surface area contributed by atoms with Crippen molar-refractivity contribution in [2.24, 2.45) is 5.10 Å². The molecule has 9 heteroatoms. The maximum Gasteiger partial charge on any atom is 0.347 e. The number of fused-ring (bicyclic) bond motifs is 1. The van der Waals surface area contributed by atoms with Gasteiger partial charge in [-0.1, -0.05) is 36.7 Å². The molecule has 0 unspecified atom stereocenters. The van der Waals surface area contributed by atoms with Crippen LogP contribution in [0.15, 0.2) is 50.8 Å². The Bertz CT molecular complexity index is 1330. The molecule has 186 valence electrons. The van der Waals surface area contributed by atoms with Crippen LogP contribution < -0.4 is 15.2 Å². The quantitative estimate of drug-likeness (QED) is 0.316. The van der Waals surface area contributed by atoms with Crippen molar-refractivity contribution in [2.75, 3.05) is 25.6 Å². The van der Waals surface area contributed by atoms with Gasteiger partial charge in [-0.05, 0) is 44.2 Å². The van der Waals surface area contributed by atoms with E-state index in [1.54, 1.807) is 26.1 Å². The Labute approximate surface area is 213 Å². The maximum absolute atomic E-state index is 13.4. The van der Waals surface area contributed by atoms with Gasteiger partial charge in [0.15, 0.2) is 6.10 Å². The second kappa shape index (κ2) is 10.6.